The molecule has 2 heteroatoms. The Balaban J connectivity index is 0.000000371. The third-order valence-corrected chi connectivity index (χ3v) is 1.92. The smallest absolute Gasteiger partial charge is 0.0182 e. The molecule has 0 bridgehead atoms. The molecule has 1 aliphatic heterocycles. The molecule has 0 aromatic heterocycles. The first kappa shape index (κ1) is 9.92. The zero-order valence-electron chi connectivity index (χ0n) is 7.59. The van der Waals surface area contributed by atoms with Crippen LogP contribution >= 0.6 is 0 Å². The highest BCUT2D eigenvalue weighted by atomic mass is 15.2. The number of hydrogen-bond acceptors (Lipinski definition) is 2. The minimum absolute atomic E-state index is 0.426. The number of nitrogens with zero attached hydrogens (tertiary/aromatic N) is 1. The first-order valence-corrected chi connectivity index (χ1v) is 4.16. The molecule has 0 spiro atoms. The first-order valence-electron chi connectivity index (χ1n) is 4.16. The van der Waals surface area contributed by atoms with Crippen LogP contribution in [-0.2, 0) is 0 Å². The Morgan fingerprint density at radius 3 is 2.00 bits per heavy atom. The highest BCUT2D eigenvalue weighted by Crippen LogP contribution is 2.11. The van der Waals surface area contributed by atoms with Crippen LogP contribution in [-0.4, -0.2) is 30.6 Å². The predicted octanol–water partition coefficient (Wildman–Crippen LogP) is 1.06. The summed E-state index contributed by atoms with van der Waals surface area (Å²) in [5, 5.41) is 0. The molecular weight excluding hydrogens is 124 g/mol. The minimum atomic E-state index is 0.426. The van der Waals surface area contributed by atoms with Crippen LogP contribution in [0.15, 0.2) is 0 Å². The number of nitrogens with two attached hydrogens (primary N) is 1. The maximum absolute atomic E-state index is 5.67. The van der Waals surface area contributed by atoms with E-state index in [1.54, 1.807) is 0 Å². The quantitative estimate of drug-likeness (QED) is 0.551. The normalized spacial score (nSPS) is 33.3. The van der Waals surface area contributed by atoms with Crippen molar-refractivity contribution < 1.29 is 0 Å². The molecule has 0 aromatic rings. The van der Waals surface area contributed by atoms with Crippen LogP contribution in [0.5, 0.6) is 0 Å². The first-order chi connectivity index (χ1) is 4.70. The van der Waals surface area contributed by atoms with E-state index in [4.69, 9.17) is 5.73 Å². The molecule has 1 fully saturated rings. The van der Waals surface area contributed by atoms with Crippen LogP contribution < -0.4 is 5.73 Å². The Morgan fingerprint density at radius 2 is 1.90 bits per heavy atom. The van der Waals surface area contributed by atoms with Crippen molar-refractivity contribution in [3.63, 3.8) is 0 Å². The van der Waals surface area contributed by atoms with Gasteiger partial charge in [0.25, 0.3) is 0 Å². The molecule has 1 heterocycles. The van der Waals surface area contributed by atoms with Crippen LogP contribution in [0, 0.1) is 0 Å². The van der Waals surface area contributed by atoms with Gasteiger partial charge in [0.1, 0.15) is 0 Å². The van der Waals surface area contributed by atoms with Crippen molar-refractivity contribution >= 4 is 0 Å². The molecule has 0 saturated carbocycles. The van der Waals surface area contributed by atoms with Crippen LogP contribution in [0.1, 0.15) is 27.2 Å². The summed E-state index contributed by atoms with van der Waals surface area (Å²) in [6.07, 6.45) is 1.16. The van der Waals surface area contributed by atoms with Crippen molar-refractivity contribution in [2.24, 2.45) is 5.73 Å². The number of hydrogen-bond donors (Lipinski definition) is 1. The van der Waals surface area contributed by atoms with Crippen LogP contribution in [0.25, 0.3) is 0 Å². The van der Waals surface area contributed by atoms with Gasteiger partial charge in [-0.15, -0.1) is 0 Å². The summed E-state index contributed by atoms with van der Waals surface area (Å²) in [6.45, 7) is 7.29. The van der Waals surface area contributed by atoms with Crippen molar-refractivity contribution in [2.45, 2.75) is 39.3 Å². The summed E-state index contributed by atoms with van der Waals surface area (Å²) in [5.41, 5.74) is 5.67. The molecular formula is C8H20N2. The van der Waals surface area contributed by atoms with Gasteiger partial charge < -0.3 is 10.6 Å². The Bertz CT molecular complexity index is 73.3. The molecule has 2 atom stereocenters. The van der Waals surface area contributed by atoms with E-state index in [0.29, 0.717) is 12.1 Å². The van der Waals surface area contributed by atoms with E-state index in [2.05, 4.69) is 18.9 Å². The van der Waals surface area contributed by atoms with Crippen LogP contribution in [0.3, 0.4) is 0 Å². The largest absolute Gasteiger partial charge is 0.326 e. The van der Waals surface area contributed by atoms with Gasteiger partial charge >= 0.3 is 0 Å². The molecule has 2 N–H and O–H groups in total. The van der Waals surface area contributed by atoms with Gasteiger partial charge in [0, 0.05) is 18.6 Å². The van der Waals surface area contributed by atoms with E-state index in [-0.39, 0.29) is 0 Å². The predicted molar refractivity (Wildman–Crippen MR) is 46.0 cm³/mol. The van der Waals surface area contributed by atoms with Gasteiger partial charge in [0.2, 0.25) is 0 Å². The highest BCUT2D eigenvalue weighted by Gasteiger charge is 2.22. The van der Waals surface area contributed by atoms with E-state index in [1.807, 2.05) is 13.8 Å². The topological polar surface area (TPSA) is 29.3 Å². The third-order valence-electron chi connectivity index (χ3n) is 1.92. The molecule has 10 heavy (non-hydrogen) atoms. The lowest BCUT2D eigenvalue weighted by atomic mass is 10.2. The van der Waals surface area contributed by atoms with Crippen molar-refractivity contribution in [2.75, 3.05) is 13.6 Å². The molecule has 2 unspecified atom stereocenters. The van der Waals surface area contributed by atoms with Crippen LogP contribution in [0.2, 0.25) is 0 Å². The zero-order valence-corrected chi connectivity index (χ0v) is 7.59. The fourth-order valence-corrected chi connectivity index (χ4v) is 1.24. The highest BCUT2D eigenvalue weighted by molar-refractivity contribution is 4.81. The van der Waals surface area contributed by atoms with E-state index in [9.17, 15) is 0 Å². The summed E-state index contributed by atoms with van der Waals surface area (Å²) in [7, 11) is 2.12. The molecule has 0 radical (unpaired) electrons. The summed E-state index contributed by atoms with van der Waals surface area (Å²) in [4.78, 5) is 2.30. The second-order valence-corrected chi connectivity index (χ2v) is 2.78. The molecule has 0 amide bonds. The van der Waals surface area contributed by atoms with Gasteiger partial charge in [-0.1, -0.05) is 13.8 Å². The zero-order chi connectivity index (χ0) is 8.15. The Labute approximate surface area is 64.4 Å². The summed E-state index contributed by atoms with van der Waals surface area (Å²) in [6, 6.07) is 1.12. The number of likely N-dealkylation sites (tertiary alicyclic amines) is 1. The molecule has 2 nitrogen and oxygen atoms in total. The molecule has 0 aromatic carbocycles. The fourth-order valence-electron chi connectivity index (χ4n) is 1.24. The molecule has 1 aliphatic rings. The van der Waals surface area contributed by atoms with Gasteiger partial charge in [-0.2, -0.15) is 0 Å². The average molecular weight is 144 g/mol. The van der Waals surface area contributed by atoms with Gasteiger partial charge in [-0.05, 0) is 20.4 Å². The maximum Gasteiger partial charge on any atom is 0.0182 e. The molecule has 0 aliphatic carbocycles. The van der Waals surface area contributed by atoms with Crippen molar-refractivity contribution in [1.82, 2.24) is 4.90 Å². The second kappa shape index (κ2) is 4.69. The number of likely N-dealkylation sites (N-methyl/N-ethyl adjacent to an activating group) is 1. The standard InChI is InChI=1S/C6H14N2.C2H6/c1-5-3-6(7)4-8(5)2;1-2/h5-6H,3-4,7H2,1-2H3;1-2H3. The monoisotopic (exact) mass is 144 g/mol. The second-order valence-electron chi connectivity index (χ2n) is 2.78. The van der Waals surface area contributed by atoms with Crippen molar-refractivity contribution in [3.05, 3.63) is 0 Å². The lowest BCUT2D eigenvalue weighted by molar-refractivity contribution is 0.329. The van der Waals surface area contributed by atoms with E-state index in [1.165, 1.54) is 0 Å². The van der Waals surface area contributed by atoms with Gasteiger partial charge in [0.05, 0.1) is 0 Å². The van der Waals surface area contributed by atoms with E-state index < -0.39 is 0 Å². The lowest BCUT2D eigenvalue weighted by Gasteiger charge is -2.11. The Morgan fingerprint density at radius 1 is 1.40 bits per heavy atom. The van der Waals surface area contributed by atoms with Crippen LogP contribution in [0.4, 0.5) is 0 Å². The SMILES string of the molecule is CC.CC1CC(N)CN1C. The van der Waals surface area contributed by atoms with Gasteiger partial charge in [-0.3, -0.25) is 0 Å². The molecule has 1 saturated heterocycles. The van der Waals surface area contributed by atoms with E-state index in [0.717, 1.165) is 13.0 Å². The summed E-state index contributed by atoms with van der Waals surface area (Å²) in [5.74, 6) is 0. The Hall–Kier alpha value is -0.0800. The maximum atomic E-state index is 5.67. The molecule has 1 rings (SSSR count). The average Bonchev–Trinajstić information content (AvgIpc) is 2.16. The molecule has 62 valence electrons. The number of rotatable bonds is 0. The Kier molecular flexibility index (Phi) is 4.65. The minimum Gasteiger partial charge on any atom is -0.326 e. The van der Waals surface area contributed by atoms with Crippen molar-refractivity contribution in [3.8, 4) is 0 Å². The third kappa shape index (κ3) is 2.67. The van der Waals surface area contributed by atoms with Crippen molar-refractivity contribution in [1.29, 1.82) is 0 Å². The fraction of sp³-hybridized carbons (Fsp3) is 1.00. The van der Waals surface area contributed by atoms with Gasteiger partial charge in [-0.25, -0.2) is 0 Å². The lowest BCUT2D eigenvalue weighted by Crippen LogP contribution is -2.24. The van der Waals surface area contributed by atoms with Gasteiger partial charge in [0.15, 0.2) is 0 Å². The van der Waals surface area contributed by atoms with E-state index >= 15 is 0 Å². The summed E-state index contributed by atoms with van der Waals surface area (Å²) >= 11 is 0. The summed E-state index contributed by atoms with van der Waals surface area (Å²) < 4.78 is 0.